The zero-order valence-electron chi connectivity index (χ0n) is 7.66. The highest BCUT2D eigenvalue weighted by atomic mass is 19.0. The van der Waals surface area contributed by atoms with Crippen molar-refractivity contribution < 1.29 is 24.5 Å². The third kappa shape index (κ3) is 8.31. The van der Waals surface area contributed by atoms with E-state index >= 15 is 0 Å². The highest BCUT2D eigenvalue weighted by molar-refractivity contribution is 5.85. The van der Waals surface area contributed by atoms with E-state index in [1.807, 2.05) is 0 Å². The van der Waals surface area contributed by atoms with Crippen LogP contribution in [0.1, 0.15) is 10.5 Å². The van der Waals surface area contributed by atoms with Crippen LogP contribution in [0.25, 0.3) is 0 Å². The monoisotopic (exact) mass is 218 g/mol. The molecule has 0 amide bonds. The molecule has 1 aromatic rings. The number of halogens is 1. The van der Waals surface area contributed by atoms with Gasteiger partial charge in [-0.25, -0.2) is 9.78 Å². The maximum absolute atomic E-state index is 10.1. The molecule has 84 valence electrons. The first-order chi connectivity index (χ1) is 6.57. The van der Waals surface area contributed by atoms with Crippen molar-refractivity contribution in [1.29, 1.82) is 0 Å². The summed E-state index contributed by atoms with van der Waals surface area (Å²) in [5.74, 6) is -1.96. The Kier molecular flexibility index (Phi) is 8.83. The molecule has 4 N–H and O–H groups in total. The number of carboxylic acid groups (broad SMARTS) is 2. The highest BCUT2D eigenvalue weighted by Gasteiger charge is 1.98. The van der Waals surface area contributed by atoms with E-state index in [1.165, 1.54) is 12.3 Å². The Morgan fingerprint density at radius 1 is 1.33 bits per heavy atom. The summed E-state index contributed by atoms with van der Waals surface area (Å²) in [5.41, 5.74) is 4.65. The van der Waals surface area contributed by atoms with Crippen molar-refractivity contribution in [1.82, 2.24) is 4.98 Å². The predicted molar refractivity (Wildman–Crippen MR) is 50.4 cm³/mol. The van der Waals surface area contributed by atoms with E-state index in [1.54, 1.807) is 12.1 Å². The normalized spacial score (nSPS) is 7.80. The summed E-state index contributed by atoms with van der Waals surface area (Å²) in [7, 11) is 0. The summed E-state index contributed by atoms with van der Waals surface area (Å²) < 4.78 is 0. The van der Waals surface area contributed by atoms with Crippen molar-refractivity contribution in [3.63, 3.8) is 0 Å². The number of aliphatic carboxylic acids is 1. The summed E-state index contributed by atoms with van der Waals surface area (Å²) in [6.07, 6.45) is 1.45. The van der Waals surface area contributed by atoms with Crippen molar-refractivity contribution in [3.8, 4) is 0 Å². The van der Waals surface area contributed by atoms with Gasteiger partial charge in [-0.2, -0.15) is 0 Å². The van der Waals surface area contributed by atoms with Crippen LogP contribution in [-0.4, -0.2) is 33.7 Å². The molecule has 0 saturated carbocycles. The van der Waals surface area contributed by atoms with Crippen LogP contribution in [0.5, 0.6) is 0 Å². The van der Waals surface area contributed by atoms with Gasteiger partial charge in [-0.15, -0.1) is 0 Å². The molecule has 0 fully saturated rings. The minimum absolute atomic E-state index is 0. The molecule has 0 aliphatic rings. The van der Waals surface area contributed by atoms with E-state index < -0.39 is 11.9 Å². The lowest BCUT2D eigenvalue weighted by molar-refractivity contribution is -0.135. The number of hydrogen-bond donors (Lipinski definition) is 3. The lowest BCUT2D eigenvalue weighted by Crippen LogP contribution is -2.10. The number of carbonyl (C=O) groups is 2. The zero-order valence-corrected chi connectivity index (χ0v) is 7.66. The lowest BCUT2D eigenvalue weighted by atomic mass is 10.4. The zero-order chi connectivity index (χ0) is 11.0. The van der Waals surface area contributed by atoms with Gasteiger partial charge >= 0.3 is 11.9 Å². The van der Waals surface area contributed by atoms with Gasteiger partial charge in [0.2, 0.25) is 0 Å². The third-order valence-corrected chi connectivity index (χ3v) is 1.06. The van der Waals surface area contributed by atoms with Crippen LogP contribution in [-0.2, 0) is 4.79 Å². The molecule has 0 aliphatic carbocycles. The maximum atomic E-state index is 10.1. The van der Waals surface area contributed by atoms with E-state index in [4.69, 9.17) is 10.2 Å². The molecule has 0 aromatic carbocycles. The lowest BCUT2D eigenvalue weighted by Gasteiger charge is -1.87. The van der Waals surface area contributed by atoms with Crippen molar-refractivity contribution in [3.05, 3.63) is 30.1 Å². The van der Waals surface area contributed by atoms with Crippen molar-refractivity contribution in [2.75, 3.05) is 6.54 Å². The van der Waals surface area contributed by atoms with Gasteiger partial charge in [-0.3, -0.25) is 9.50 Å². The summed E-state index contributed by atoms with van der Waals surface area (Å²) in [4.78, 5) is 23.0. The first kappa shape index (κ1) is 15.5. The fourth-order valence-corrected chi connectivity index (χ4v) is 0.489. The van der Waals surface area contributed by atoms with Crippen LogP contribution in [0.2, 0.25) is 0 Å². The highest BCUT2D eigenvalue weighted by Crippen LogP contribution is 1.90. The van der Waals surface area contributed by atoms with Crippen LogP contribution < -0.4 is 5.73 Å². The van der Waals surface area contributed by atoms with E-state index in [-0.39, 0.29) is 16.9 Å². The van der Waals surface area contributed by atoms with Gasteiger partial charge < -0.3 is 15.9 Å². The SMILES string of the molecule is F.NCC(=O)O.O=C(O)c1ccccn1. The van der Waals surface area contributed by atoms with Crippen LogP contribution >= 0.6 is 0 Å². The van der Waals surface area contributed by atoms with E-state index in [2.05, 4.69) is 10.7 Å². The average Bonchev–Trinajstić information content (AvgIpc) is 2.20. The number of nitrogens with zero attached hydrogens (tertiary/aromatic N) is 1. The van der Waals surface area contributed by atoms with Crippen molar-refractivity contribution in [2.24, 2.45) is 5.73 Å². The van der Waals surface area contributed by atoms with Gasteiger partial charge in [0.25, 0.3) is 0 Å². The molecule has 0 aliphatic heterocycles. The number of rotatable bonds is 2. The molecular weight excluding hydrogens is 207 g/mol. The third-order valence-electron chi connectivity index (χ3n) is 1.06. The Labute approximate surface area is 84.7 Å². The van der Waals surface area contributed by atoms with Crippen molar-refractivity contribution >= 4 is 11.9 Å². The van der Waals surface area contributed by atoms with Gasteiger partial charge in [-0.05, 0) is 12.1 Å². The molecule has 1 heterocycles. The number of aromatic nitrogens is 1. The maximum Gasteiger partial charge on any atom is 0.354 e. The summed E-state index contributed by atoms with van der Waals surface area (Å²) in [6, 6.07) is 4.76. The minimum atomic E-state index is -0.990. The minimum Gasteiger partial charge on any atom is -0.480 e. The molecule has 15 heavy (non-hydrogen) atoms. The molecular formula is C8H11FN2O4. The fourth-order valence-electron chi connectivity index (χ4n) is 0.489. The number of nitrogens with two attached hydrogens (primary N) is 1. The van der Waals surface area contributed by atoms with Crippen molar-refractivity contribution in [2.45, 2.75) is 0 Å². The number of hydrogen-bond acceptors (Lipinski definition) is 4. The molecule has 0 bridgehead atoms. The smallest absolute Gasteiger partial charge is 0.354 e. The first-order valence-corrected chi connectivity index (χ1v) is 3.64. The summed E-state index contributed by atoms with van der Waals surface area (Å²) in [5, 5.41) is 15.9. The quantitative estimate of drug-likeness (QED) is 0.641. The summed E-state index contributed by atoms with van der Waals surface area (Å²) in [6.45, 7) is -0.278. The van der Waals surface area contributed by atoms with Crippen LogP contribution in [0.15, 0.2) is 24.4 Å². The van der Waals surface area contributed by atoms with Gasteiger partial charge in [0.05, 0.1) is 6.54 Å². The van der Waals surface area contributed by atoms with E-state index in [0.29, 0.717) is 0 Å². The van der Waals surface area contributed by atoms with Crippen LogP contribution in [0, 0.1) is 0 Å². The van der Waals surface area contributed by atoms with Crippen LogP contribution in [0.4, 0.5) is 4.70 Å². The predicted octanol–water partition coefficient (Wildman–Crippen LogP) is -0.0380. The van der Waals surface area contributed by atoms with Gasteiger partial charge in [0.15, 0.2) is 0 Å². The Hall–Kier alpha value is -2.02. The van der Waals surface area contributed by atoms with Gasteiger partial charge in [0, 0.05) is 6.20 Å². The first-order valence-electron chi connectivity index (χ1n) is 3.64. The molecule has 0 spiro atoms. The molecule has 6 nitrogen and oxygen atoms in total. The largest absolute Gasteiger partial charge is 0.480 e. The number of pyridine rings is 1. The summed E-state index contributed by atoms with van der Waals surface area (Å²) >= 11 is 0. The van der Waals surface area contributed by atoms with Crippen LogP contribution in [0.3, 0.4) is 0 Å². The standard InChI is InChI=1S/C6H5NO2.C2H5NO2.FH/c8-6(9)5-3-1-2-4-7-5;3-1-2(4)5;/h1-4H,(H,8,9);1,3H2,(H,4,5);1H. The topological polar surface area (TPSA) is 114 Å². The Balaban J connectivity index is 0. The Bertz CT molecular complexity index is 305. The second-order valence-corrected chi connectivity index (χ2v) is 2.12. The second kappa shape index (κ2) is 8.57. The fraction of sp³-hybridized carbons (Fsp3) is 0.125. The molecule has 0 unspecified atom stereocenters. The number of carboxylic acids is 2. The molecule has 1 aromatic heterocycles. The van der Waals surface area contributed by atoms with E-state index in [0.717, 1.165) is 0 Å². The molecule has 0 atom stereocenters. The van der Waals surface area contributed by atoms with E-state index in [9.17, 15) is 9.59 Å². The Morgan fingerprint density at radius 3 is 2.07 bits per heavy atom. The van der Waals surface area contributed by atoms with Gasteiger partial charge in [-0.1, -0.05) is 6.07 Å². The molecule has 0 radical (unpaired) electrons. The molecule has 1 rings (SSSR count). The van der Waals surface area contributed by atoms with Gasteiger partial charge in [0.1, 0.15) is 5.69 Å². The average molecular weight is 218 g/mol. The number of aromatic carboxylic acids is 1. The molecule has 7 heteroatoms. The second-order valence-electron chi connectivity index (χ2n) is 2.12. The molecule has 0 saturated heterocycles. The Morgan fingerprint density at radius 2 is 1.87 bits per heavy atom.